The summed E-state index contributed by atoms with van der Waals surface area (Å²) in [6, 6.07) is 13.5. The van der Waals surface area contributed by atoms with Crippen LogP contribution in [0.15, 0.2) is 47.0 Å². The number of benzene rings is 2. The lowest BCUT2D eigenvalue weighted by atomic mass is 9.96. The highest BCUT2D eigenvalue weighted by molar-refractivity contribution is 6.30. The Hall–Kier alpha value is -3.14. The number of hydrogen-bond donors (Lipinski definition) is 0. The first-order chi connectivity index (χ1) is 18.1. The third-order valence-electron chi connectivity index (χ3n) is 7.31. The fraction of sp³-hybridized carbons (Fsp3) is 0.444. The zero-order valence-electron chi connectivity index (χ0n) is 20.6. The third kappa shape index (κ3) is 5.58. The van der Waals surface area contributed by atoms with Crippen molar-refractivity contribution in [2.24, 2.45) is 5.92 Å². The summed E-state index contributed by atoms with van der Waals surface area (Å²) in [5.74, 6) is 3.01. The zero-order chi connectivity index (χ0) is 25.2. The van der Waals surface area contributed by atoms with E-state index in [2.05, 4.69) is 32.1 Å². The second kappa shape index (κ2) is 10.7. The molecule has 0 spiro atoms. The molecule has 0 bridgehead atoms. The van der Waals surface area contributed by atoms with Gasteiger partial charge in [-0.1, -0.05) is 22.8 Å². The number of carbonyl (C=O) groups excluding carboxylic acids is 1. The Morgan fingerprint density at radius 1 is 0.946 bits per heavy atom. The predicted octanol–water partition coefficient (Wildman–Crippen LogP) is 3.68. The highest BCUT2D eigenvalue weighted by Crippen LogP contribution is 2.33. The summed E-state index contributed by atoms with van der Waals surface area (Å²) in [7, 11) is 0. The van der Waals surface area contributed by atoms with Gasteiger partial charge in [-0.3, -0.25) is 14.6 Å². The van der Waals surface area contributed by atoms with Crippen LogP contribution >= 0.6 is 11.6 Å². The molecule has 1 atom stereocenters. The Balaban J connectivity index is 0.994. The molecule has 3 aliphatic rings. The third-order valence-corrected chi connectivity index (χ3v) is 7.56. The lowest BCUT2D eigenvalue weighted by molar-refractivity contribution is -0.139. The van der Waals surface area contributed by atoms with Crippen LogP contribution in [0.2, 0.25) is 5.02 Å². The zero-order valence-corrected chi connectivity index (χ0v) is 21.4. The van der Waals surface area contributed by atoms with E-state index in [0.29, 0.717) is 23.3 Å². The number of likely N-dealkylation sites (tertiary alicyclic amines) is 1. The van der Waals surface area contributed by atoms with Crippen molar-refractivity contribution in [2.75, 3.05) is 46.1 Å². The van der Waals surface area contributed by atoms with Gasteiger partial charge in [0.15, 0.2) is 11.5 Å². The smallest absolute Gasteiger partial charge is 0.241 e. The first kappa shape index (κ1) is 24.2. The average Bonchev–Trinajstić information content (AvgIpc) is 3.59. The van der Waals surface area contributed by atoms with Gasteiger partial charge in [0, 0.05) is 49.9 Å². The second-order valence-electron chi connectivity index (χ2n) is 9.88. The van der Waals surface area contributed by atoms with E-state index in [1.165, 1.54) is 5.56 Å². The van der Waals surface area contributed by atoms with Crippen LogP contribution < -0.4 is 9.47 Å². The molecule has 6 rings (SSSR count). The molecule has 2 saturated heterocycles. The van der Waals surface area contributed by atoms with Gasteiger partial charge >= 0.3 is 0 Å². The Morgan fingerprint density at radius 3 is 2.59 bits per heavy atom. The van der Waals surface area contributed by atoms with Gasteiger partial charge in [-0.15, -0.1) is 0 Å². The number of hydrogen-bond acceptors (Lipinski definition) is 8. The summed E-state index contributed by atoms with van der Waals surface area (Å²) < 4.78 is 16.4. The van der Waals surface area contributed by atoms with Crippen LogP contribution in [0.3, 0.4) is 0 Å². The van der Waals surface area contributed by atoms with Crippen molar-refractivity contribution in [2.45, 2.75) is 25.9 Å². The van der Waals surface area contributed by atoms with Crippen LogP contribution in [-0.2, 0) is 17.9 Å². The molecule has 2 aromatic carbocycles. The molecule has 10 heteroatoms. The van der Waals surface area contributed by atoms with Gasteiger partial charge in [-0.25, -0.2) is 0 Å². The molecule has 3 aliphatic heterocycles. The van der Waals surface area contributed by atoms with Crippen LogP contribution in [0, 0.1) is 5.92 Å². The summed E-state index contributed by atoms with van der Waals surface area (Å²) in [4.78, 5) is 24.6. The van der Waals surface area contributed by atoms with Gasteiger partial charge in [0.25, 0.3) is 0 Å². The molecule has 1 unspecified atom stereocenters. The molecule has 4 heterocycles. The molecular formula is C27H30ClN5O4. The maximum Gasteiger partial charge on any atom is 0.241 e. The van der Waals surface area contributed by atoms with Crippen molar-refractivity contribution in [3.63, 3.8) is 0 Å². The quantitative estimate of drug-likeness (QED) is 0.484. The Labute approximate surface area is 220 Å². The summed E-state index contributed by atoms with van der Waals surface area (Å²) in [5.41, 5.74) is 2.07. The molecule has 1 aromatic heterocycles. The Morgan fingerprint density at radius 2 is 1.76 bits per heavy atom. The molecule has 37 heavy (non-hydrogen) atoms. The maximum atomic E-state index is 13.3. The number of piperazine rings is 1. The minimum Gasteiger partial charge on any atom is -0.454 e. The largest absolute Gasteiger partial charge is 0.454 e. The van der Waals surface area contributed by atoms with Crippen LogP contribution in [0.1, 0.15) is 24.3 Å². The summed E-state index contributed by atoms with van der Waals surface area (Å²) >= 11 is 5.97. The van der Waals surface area contributed by atoms with Gasteiger partial charge in [0.05, 0.1) is 12.5 Å². The standard InChI is InChI=1S/C27H30ClN5O4/c28-22-6-4-20(5-7-22)26-29-25(37-30-26)17-32-9-1-2-21(16-32)27(34)33-12-10-31(11-13-33)15-19-3-8-23-24(14-19)36-18-35-23/h3-8,14,21H,1-2,9-13,15-18H2. The number of aromatic nitrogens is 2. The van der Waals surface area contributed by atoms with Crippen molar-refractivity contribution >= 4 is 17.5 Å². The summed E-state index contributed by atoms with van der Waals surface area (Å²) in [6.45, 7) is 6.57. The van der Waals surface area contributed by atoms with E-state index in [0.717, 1.165) is 75.7 Å². The molecule has 1 amide bonds. The lowest BCUT2D eigenvalue weighted by Gasteiger charge is -2.38. The monoisotopic (exact) mass is 523 g/mol. The number of fused-ring (bicyclic) bond motifs is 1. The Bertz CT molecular complexity index is 1240. The molecule has 0 saturated carbocycles. The van der Waals surface area contributed by atoms with E-state index in [9.17, 15) is 4.79 Å². The van der Waals surface area contributed by atoms with E-state index in [-0.39, 0.29) is 18.6 Å². The lowest BCUT2D eigenvalue weighted by Crippen LogP contribution is -2.52. The van der Waals surface area contributed by atoms with E-state index in [4.69, 9.17) is 25.6 Å². The topological polar surface area (TPSA) is 84.2 Å². The van der Waals surface area contributed by atoms with Crippen LogP contribution in [0.5, 0.6) is 11.5 Å². The van der Waals surface area contributed by atoms with Gasteiger partial charge in [0.1, 0.15) is 0 Å². The predicted molar refractivity (Wildman–Crippen MR) is 137 cm³/mol. The van der Waals surface area contributed by atoms with E-state index >= 15 is 0 Å². The van der Waals surface area contributed by atoms with Crippen molar-refractivity contribution in [3.8, 4) is 22.9 Å². The number of amides is 1. The number of carbonyl (C=O) groups is 1. The highest BCUT2D eigenvalue weighted by Gasteiger charge is 2.31. The van der Waals surface area contributed by atoms with Crippen molar-refractivity contribution in [1.82, 2.24) is 24.8 Å². The summed E-state index contributed by atoms with van der Waals surface area (Å²) in [5, 5.41) is 4.78. The summed E-state index contributed by atoms with van der Waals surface area (Å²) in [6.07, 6.45) is 1.91. The van der Waals surface area contributed by atoms with Gasteiger partial charge in [-0.2, -0.15) is 4.98 Å². The average molecular weight is 524 g/mol. The number of ether oxygens (including phenoxy) is 2. The minimum absolute atomic E-state index is 0.00724. The molecule has 3 aromatic rings. The molecule has 0 aliphatic carbocycles. The van der Waals surface area contributed by atoms with Crippen LogP contribution in [0.4, 0.5) is 0 Å². The molecule has 2 fully saturated rings. The first-order valence-corrected chi connectivity index (χ1v) is 13.2. The first-order valence-electron chi connectivity index (χ1n) is 12.8. The number of halogens is 1. The maximum absolute atomic E-state index is 13.3. The van der Waals surface area contributed by atoms with Crippen molar-refractivity contribution < 1.29 is 18.8 Å². The minimum atomic E-state index is 0.00724. The van der Waals surface area contributed by atoms with Gasteiger partial charge < -0.3 is 18.9 Å². The second-order valence-corrected chi connectivity index (χ2v) is 10.3. The fourth-order valence-electron chi connectivity index (χ4n) is 5.31. The van der Waals surface area contributed by atoms with Crippen LogP contribution in [0.25, 0.3) is 11.4 Å². The SMILES string of the molecule is O=C(C1CCCN(Cc2nc(-c3ccc(Cl)cc3)no2)C1)N1CCN(Cc2ccc3c(c2)OCO3)CC1. The van der Waals surface area contributed by atoms with Crippen LogP contribution in [-0.4, -0.2) is 76.8 Å². The molecular weight excluding hydrogens is 494 g/mol. The van der Waals surface area contributed by atoms with Crippen molar-refractivity contribution in [3.05, 3.63) is 58.9 Å². The number of piperidine rings is 1. The molecule has 194 valence electrons. The van der Waals surface area contributed by atoms with E-state index < -0.39 is 0 Å². The van der Waals surface area contributed by atoms with E-state index in [1.54, 1.807) is 0 Å². The van der Waals surface area contributed by atoms with E-state index in [1.807, 2.05) is 35.2 Å². The molecule has 0 radical (unpaired) electrons. The molecule has 9 nitrogen and oxygen atoms in total. The van der Waals surface area contributed by atoms with Gasteiger partial charge in [0.2, 0.25) is 24.4 Å². The molecule has 0 N–H and O–H groups in total. The number of rotatable bonds is 6. The normalized spacial score (nSPS) is 20.4. The van der Waals surface area contributed by atoms with Gasteiger partial charge in [-0.05, 0) is 61.3 Å². The van der Waals surface area contributed by atoms with Crippen molar-refractivity contribution in [1.29, 1.82) is 0 Å². The fourth-order valence-corrected chi connectivity index (χ4v) is 5.44. The Kier molecular flexibility index (Phi) is 6.99. The highest BCUT2D eigenvalue weighted by atomic mass is 35.5. The number of nitrogens with zero attached hydrogens (tertiary/aromatic N) is 5.